The number of likely N-dealkylation sites (tertiary alicyclic amines) is 1. The molecule has 620 valence electrons. The lowest BCUT2D eigenvalue weighted by Gasteiger charge is -2.37. The number of primary amides is 2. The number of nitrogens with two attached hydrogens (primary N) is 3. The van der Waals surface area contributed by atoms with Crippen LogP contribution in [0.5, 0.6) is 5.75 Å². The summed E-state index contributed by atoms with van der Waals surface area (Å²) in [6.07, 6.45) is -1.18. The van der Waals surface area contributed by atoms with Gasteiger partial charge in [-0.1, -0.05) is 87.5 Å². The van der Waals surface area contributed by atoms with Gasteiger partial charge in [0.1, 0.15) is 64.7 Å². The lowest BCUT2D eigenvalue weighted by atomic mass is 9.89. The van der Waals surface area contributed by atoms with Gasteiger partial charge in [0.25, 0.3) is 0 Å². The molecule has 13 atom stereocenters. The Kier molecular flexibility index (Phi) is 33.7. The third kappa shape index (κ3) is 26.1. The van der Waals surface area contributed by atoms with Crippen LogP contribution in [0, 0.1) is 17.6 Å². The Morgan fingerprint density at radius 2 is 1.33 bits per heavy atom. The molecule has 0 radical (unpaired) electrons. The van der Waals surface area contributed by atoms with Crippen molar-refractivity contribution in [1.29, 1.82) is 0 Å². The van der Waals surface area contributed by atoms with Crippen LogP contribution in [0.25, 0.3) is 11.1 Å². The van der Waals surface area contributed by atoms with Crippen LogP contribution in [-0.4, -0.2) is 211 Å². The summed E-state index contributed by atoms with van der Waals surface area (Å²) < 4.78 is 36.6. The Bertz CT molecular complexity index is 4190. The van der Waals surface area contributed by atoms with Gasteiger partial charge >= 0.3 is 5.97 Å². The van der Waals surface area contributed by atoms with Crippen molar-refractivity contribution in [1.82, 2.24) is 68.0 Å². The van der Waals surface area contributed by atoms with E-state index >= 15 is 8.78 Å². The first kappa shape index (κ1) is 91.6. The average molecular weight is 1590 g/mol. The number of H-pyrrole nitrogens is 1. The highest BCUT2D eigenvalue weighted by Crippen LogP contribution is 2.32. The van der Waals surface area contributed by atoms with Gasteiger partial charge in [-0.3, -0.25) is 67.2 Å². The fourth-order valence-electron chi connectivity index (χ4n) is 13.1. The molecule has 1 aliphatic rings. The number of halogens is 2. The van der Waals surface area contributed by atoms with E-state index in [4.69, 9.17) is 21.9 Å². The number of aliphatic carboxylic acids is 1. The molecule has 1 aliphatic heterocycles. The van der Waals surface area contributed by atoms with E-state index in [1.807, 2.05) is 54.3 Å². The van der Waals surface area contributed by atoms with Crippen LogP contribution in [0.15, 0.2) is 104 Å². The number of imidazole rings is 1. The fourth-order valence-corrected chi connectivity index (χ4v) is 13.1. The van der Waals surface area contributed by atoms with E-state index in [2.05, 4.69) is 63.1 Å². The van der Waals surface area contributed by atoms with E-state index in [0.29, 0.717) is 55.7 Å². The highest BCUT2D eigenvalue weighted by molar-refractivity contribution is 6.01. The normalized spacial score (nSPS) is 17.1. The minimum absolute atomic E-state index is 0.0543. The number of carboxylic acids is 1. The van der Waals surface area contributed by atoms with Gasteiger partial charge in [0.2, 0.25) is 70.9 Å². The average Bonchev–Trinajstić information content (AvgIpc) is 1.75. The maximum absolute atomic E-state index is 15.6. The van der Waals surface area contributed by atoms with Crippen molar-refractivity contribution in [2.24, 2.45) is 23.1 Å². The van der Waals surface area contributed by atoms with Crippen LogP contribution in [0.4, 0.5) is 8.78 Å². The molecule has 1 aromatic heterocycles. The van der Waals surface area contributed by atoms with Crippen LogP contribution in [-0.2, 0) is 94.4 Å². The molecular weight excluding hydrogens is 1480 g/mol. The number of carbonyl (C=O) groups is 13. The number of methoxy groups -OCH3 is 1. The summed E-state index contributed by atoms with van der Waals surface area (Å²) in [6.45, 7) is 12.3. The second-order valence-corrected chi connectivity index (χ2v) is 29.8. The molecule has 12 amide bonds. The highest BCUT2D eigenvalue weighted by atomic mass is 19.1. The molecule has 0 spiro atoms. The smallest absolute Gasteiger partial charge is 0.305 e. The molecule has 5 aromatic rings. The van der Waals surface area contributed by atoms with Crippen molar-refractivity contribution in [2.45, 2.75) is 217 Å². The maximum atomic E-state index is 15.6. The molecule has 35 heteroatoms. The number of amides is 12. The zero-order valence-corrected chi connectivity index (χ0v) is 65.7. The predicted molar refractivity (Wildman–Crippen MR) is 414 cm³/mol. The quantitative estimate of drug-likeness (QED) is 0.0246. The summed E-state index contributed by atoms with van der Waals surface area (Å²) in [5.74, 6) is -16.1. The minimum atomic E-state index is -2.61. The number of aromatic amines is 1. The summed E-state index contributed by atoms with van der Waals surface area (Å²) in [7, 11) is 1.55. The molecule has 33 nitrogen and oxygen atoms in total. The highest BCUT2D eigenvalue weighted by Gasteiger charge is 2.47. The Morgan fingerprint density at radius 1 is 0.693 bits per heavy atom. The van der Waals surface area contributed by atoms with Crippen molar-refractivity contribution in [3.05, 3.63) is 143 Å². The second kappa shape index (κ2) is 42.0. The lowest BCUT2D eigenvalue weighted by Crippen LogP contribution is -2.66. The van der Waals surface area contributed by atoms with Gasteiger partial charge in [0.15, 0.2) is 0 Å². The van der Waals surface area contributed by atoms with Crippen molar-refractivity contribution < 1.29 is 91.2 Å². The number of aryl methyl sites for hydroxylation is 2. The van der Waals surface area contributed by atoms with E-state index in [-0.39, 0.29) is 38.1 Å². The first-order valence-electron chi connectivity index (χ1n) is 37.6. The second-order valence-electron chi connectivity index (χ2n) is 29.8. The number of aromatic nitrogens is 2. The minimum Gasteiger partial charge on any atom is -0.497 e. The van der Waals surface area contributed by atoms with E-state index in [0.717, 1.165) is 68.1 Å². The van der Waals surface area contributed by atoms with Crippen LogP contribution in [0.1, 0.15) is 135 Å². The maximum Gasteiger partial charge on any atom is 0.305 e. The van der Waals surface area contributed by atoms with Gasteiger partial charge in [-0.25, -0.2) is 13.8 Å². The molecule has 1 unspecified atom stereocenters. The van der Waals surface area contributed by atoms with Gasteiger partial charge in [-0.15, -0.1) is 0 Å². The van der Waals surface area contributed by atoms with Crippen molar-refractivity contribution in [3.63, 3.8) is 0 Å². The molecule has 1 fully saturated rings. The first-order valence-corrected chi connectivity index (χ1v) is 37.6. The van der Waals surface area contributed by atoms with Gasteiger partial charge in [0.05, 0.1) is 50.2 Å². The Balaban J connectivity index is 1.16. The van der Waals surface area contributed by atoms with E-state index < -0.39 is 197 Å². The van der Waals surface area contributed by atoms with Gasteiger partial charge < -0.3 is 95.4 Å². The van der Waals surface area contributed by atoms with Crippen molar-refractivity contribution in [3.8, 4) is 16.9 Å². The van der Waals surface area contributed by atoms with Gasteiger partial charge in [-0.2, -0.15) is 0 Å². The largest absolute Gasteiger partial charge is 0.497 e. The van der Waals surface area contributed by atoms with E-state index in [1.165, 1.54) is 13.3 Å². The zero-order valence-electron chi connectivity index (χ0n) is 65.7. The number of hydrogen-bond donors (Lipinski definition) is 17. The Hall–Kier alpha value is -11.3. The van der Waals surface area contributed by atoms with Crippen LogP contribution >= 0.6 is 0 Å². The summed E-state index contributed by atoms with van der Waals surface area (Å²) in [5.41, 5.74) is 16.0. The molecule has 114 heavy (non-hydrogen) atoms. The molecule has 0 saturated carbocycles. The van der Waals surface area contributed by atoms with Gasteiger partial charge in [-0.05, 0) is 151 Å². The number of hydrogen-bond acceptors (Lipinski definition) is 19. The van der Waals surface area contributed by atoms with Crippen molar-refractivity contribution >= 4 is 76.9 Å². The summed E-state index contributed by atoms with van der Waals surface area (Å²) in [4.78, 5) is 188. The number of ether oxygens (including phenoxy) is 1. The Labute approximate surface area is 659 Å². The number of nitrogens with one attached hydrogen (secondary N) is 11. The molecule has 1 saturated heterocycles. The third-order valence-corrected chi connectivity index (χ3v) is 20.2. The zero-order chi connectivity index (χ0) is 84.5. The molecule has 0 aliphatic carbocycles. The summed E-state index contributed by atoms with van der Waals surface area (Å²) in [5, 5.41) is 56.6. The number of nitrogens with zero attached hydrogens (tertiary/aromatic N) is 2. The SMILES string of the molecule is CCc1cc(OC)ccc1-c1ccc(C[C@H](NC(=O)C(CC(=O)O)NC(=O)[C@H](C)NC(=O)[C@@H](NC(=O)[C@](C)(Cc2c(F)cccc2F)NC(=O)[C@@H](NC(=O)CNC(=O)[C@H](CCC(N)=O)NC(=O)[C@]2(C)CCCN2C[C@H](Cc2cnc[nH]2)NC(=O)[C@@H](N)C(C)C)[C@@H](C)O)[C@@H](C)O)C(=O)N[C@@](C)(CCCc2ccccc2)C(N)=O)cc1. The number of aliphatic hydroxyl groups is 2. The standard InChI is InChI=1S/C79H108F2N16O17/c1-11-49-35-53(114-10)27-28-54(49)50-25-23-48(24-26-50)34-59(70(107)95-77(7,74(84)111)31-16-20-47-18-13-12-14-19-47)91-69(106)60(37-63(102)103)90-67(104)44(4)88-72(109)65(45(5)98)94-75(112)78(8,38-55-56(80)21-15-22-57(55)81)96-73(110)66(46(6)99)93-62(101)40-86-68(105)58(29-30-61(82)100)92-76(113)79(9)32-17-33-97(79)41-52(36-51-39-85-42-87-51)89-71(108)64(83)43(2)3/h12-15,18-19,21-28,35,39,42-46,52,58-60,64-66,98-99H,11,16-17,20,29-34,36-38,40-41,83H2,1-10H3,(H2,82,100)(H2,84,111)(H,85,87)(H,86,105)(H,88,109)(H,89,108)(H,90,104)(H,91,106)(H,92,113)(H,93,101)(H,94,112)(H,95,107)(H,96,110)(H,102,103)/t44-,45+,46+,52-,58-,59-,60?,64-,65-,66-,77-,78-,79-/m0/s1. The predicted octanol–water partition coefficient (Wildman–Crippen LogP) is 0.0811. The molecule has 0 bridgehead atoms. The molecule has 20 N–H and O–H groups in total. The molecular formula is C79H108F2N16O17. The molecule has 2 heterocycles. The van der Waals surface area contributed by atoms with Crippen molar-refractivity contribution in [2.75, 3.05) is 26.7 Å². The van der Waals surface area contributed by atoms with E-state index in [1.54, 1.807) is 64.4 Å². The lowest BCUT2D eigenvalue weighted by molar-refractivity contribution is -0.142. The van der Waals surface area contributed by atoms with E-state index in [9.17, 15) is 77.6 Å². The van der Waals surface area contributed by atoms with Gasteiger partial charge in [0, 0.05) is 55.7 Å². The molecule has 4 aromatic carbocycles. The van der Waals surface area contributed by atoms with Crippen LogP contribution in [0.3, 0.4) is 0 Å². The fraction of sp³-hybridized carbons (Fsp3) is 0.494. The number of carbonyl (C=O) groups excluding carboxylic acids is 12. The number of aliphatic hydroxyl groups excluding tert-OH is 2. The number of rotatable bonds is 44. The third-order valence-electron chi connectivity index (χ3n) is 20.2. The topological polar surface area (TPSA) is 522 Å². The Morgan fingerprint density at radius 3 is 1.92 bits per heavy atom. The number of benzene rings is 4. The monoisotopic (exact) mass is 1590 g/mol. The first-order chi connectivity index (χ1) is 53.7. The number of carboxylic acid groups (broad SMARTS) is 1. The summed E-state index contributed by atoms with van der Waals surface area (Å²) >= 11 is 0. The molecule has 6 rings (SSSR count). The van der Waals surface area contributed by atoms with Crippen LogP contribution in [0.2, 0.25) is 0 Å². The van der Waals surface area contributed by atoms with Crippen LogP contribution < -0.4 is 75.1 Å². The summed E-state index contributed by atoms with van der Waals surface area (Å²) in [6, 6.07) is 12.2.